The molecule has 0 fully saturated rings. The van der Waals surface area contributed by atoms with Crippen molar-refractivity contribution in [1.82, 2.24) is 5.32 Å². The maximum atomic E-state index is 12.5. The first-order chi connectivity index (χ1) is 7.17. The lowest BCUT2D eigenvalue weighted by atomic mass is 10.0. The topological polar surface area (TPSA) is 29.1 Å². The SMILES string of the molecule is CC(C)CCC(C)NC(=O)C(F)(F)C(F)F. The Morgan fingerprint density at radius 3 is 2.06 bits per heavy atom. The lowest BCUT2D eigenvalue weighted by Crippen LogP contribution is -2.48. The summed E-state index contributed by atoms with van der Waals surface area (Å²) in [6, 6.07) is -0.528. The van der Waals surface area contributed by atoms with Gasteiger partial charge >= 0.3 is 12.3 Å². The highest BCUT2D eigenvalue weighted by atomic mass is 19.3. The molecule has 0 bridgehead atoms. The van der Waals surface area contributed by atoms with Crippen LogP contribution in [0.2, 0.25) is 0 Å². The minimum atomic E-state index is -4.61. The van der Waals surface area contributed by atoms with Gasteiger partial charge in [0.25, 0.3) is 5.91 Å². The summed E-state index contributed by atoms with van der Waals surface area (Å²) in [7, 11) is 0. The molecule has 0 rings (SSSR count). The van der Waals surface area contributed by atoms with Gasteiger partial charge < -0.3 is 5.32 Å². The predicted molar refractivity (Wildman–Crippen MR) is 52.6 cm³/mol. The number of hydrogen-bond acceptors (Lipinski definition) is 1. The fraction of sp³-hybridized carbons (Fsp3) is 0.900. The van der Waals surface area contributed by atoms with Crippen molar-refractivity contribution in [2.75, 3.05) is 0 Å². The summed E-state index contributed by atoms with van der Waals surface area (Å²) >= 11 is 0. The van der Waals surface area contributed by atoms with Crippen LogP contribution in [0, 0.1) is 5.92 Å². The predicted octanol–water partition coefficient (Wildman–Crippen LogP) is 2.83. The highest BCUT2D eigenvalue weighted by Crippen LogP contribution is 2.23. The van der Waals surface area contributed by atoms with E-state index in [0.29, 0.717) is 12.3 Å². The summed E-state index contributed by atoms with van der Waals surface area (Å²) in [5, 5.41) is 1.89. The summed E-state index contributed by atoms with van der Waals surface area (Å²) in [6.45, 7) is 5.41. The summed E-state index contributed by atoms with van der Waals surface area (Å²) < 4.78 is 48.7. The van der Waals surface area contributed by atoms with Crippen molar-refractivity contribution in [1.29, 1.82) is 0 Å². The number of halogens is 4. The highest BCUT2D eigenvalue weighted by molar-refractivity contribution is 5.84. The Bertz CT molecular complexity index is 231. The molecule has 1 unspecified atom stereocenters. The number of nitrogens with one attached hydrogen (secondary N) is 1. The summed E-state index contributed by atoms with van der Waals surface area (Å²) in [5.41, 5.74) is 0. The monoisotopic (exact) mass is 243 g/mol. The maximum Gasteiger partial charge on any atom is 0.383 e. The van der Waals surface area contributed by atoms with E-state index < -0.39 is 24.3 Å². The summed E-state index contributed by atoms with van der Waals surface area (Å²) in [6.07, 6.45) is -2.74. The zero-order chi connectivity index (χ0) is 12.9. The first kappa shape index (κ1) is 15.2. The first-order valence-electron chi connectivity index (χ1n) is 5.14. The standard InChI is InChI=1S/C10H17F4NO/c1-6(2)4-5-7(3)15-9(16)10(13,14)8(11)12/h6-8H,4-5H2,1-3H3,(H,15,16). The van der Waals surface area contributed by atoms with Gasteiger partial charge in [-0.2, -0.15) is 8.78 Å². The number of hydrogen-bond donors (Lipinski definition) is 1. The van der Waals surface area contributed by atoms with Crippen LogP contribution in [0.5, 0.6) is 0 Å². The maximum absolute atomic E-state index is 12.5. The number of carbonyl (C=O) groups is 1. The number of carbonyl (C=O) groups excluding carboxylic acids is 1. The Hall–Kier alpha value is -0.810. The highest BCUT2D eigenvalue weighted by Gasteiger charge is 2.49. The second-order valence-electron chi connectivity index (χ2n) is 4.27. The van der Waals surface area contributed by atoms with E-state index in [0.717, 1.165) is 6.42 Å². The molecular formula is C10H17F4NO. The number of amides is 1. The van der Waals surface area contributed by atoms with Crippen molar-refractivity contribution < 1.29 is 22.4 Å². The minimum Gasteiger partial charge on any atom is -0.348 e. The average Bonchev–Trinajstić information content (AvgIpc) is 2.14. The van der Waals surface area contributed by atoms with E-state index in [4.69, 9.17) is 0 Å². The molecule has 1 N–H and O–H groups in total. The van der Waals surface area contributed by atoms with Gasteiger partial charge in [0.2, 0.25) is 0 Å². The Morgan fingerprint density at radius 2 is 1.69 bits per heavy atom. The van der Waals surface area contributed by atoms with Crippen LogP contribution in [-0.2, 0) is 4.79 Å². The van der Waals surface area contributed by atoms with Gasteiger partial charge in [0.05, 0.1) is 0 Å². The van der Waals surface area contributed by atoms with E-state index in [9.17, 15) is 22.4 Å². The van der Waals surface area contributed by atoms with Gasteiger partial charge in [-0.15, -0.1) is 0 Å². The van der Waals surface area contributed by atoms with Gasteiger partial charge in [-0.1, -0.05) is 13.8 Å². The lowest BCUT2D eigenvalue weighted by molar-refractivity contribution is -0.170. The Kier molecular flexibility index (Phi) is 5.75. The van der Waals surface area contributed by atoms with Gasteiger partial charge in [0.1, 0.15) is 0 Å². The molecule has 1 amide bonds. The third-order valence-electron chi connectivity index (χ3n) is 2.13. The van der Waals surface area contributed by atoms with Gasteiger partial charge in [0, 0.05) is 6.04 Å². The van der Waals surface area contributed by atoms with Crippen molar-refractivity contribution >= 4 is 5.91 Å². The molecule has 0 aromatic heterocycles. The normalized spacial score (nSPS) is 14.3. The molecule has 96 valence electrons. The molecule has 0 heterocycles. The van der Waals surface area contributed by atoms with Crippen LogP contribution in [0.25, 0.3) is 0 Å². The van der Waals surface area contributed by atoms with E-state index in [1.54, 1.807) is 0 Å². The van der Waals surface area contributed by atoms with Crippen molar-refractivity contribution in [2.45, 2.75) is 52.0 Å². The van der Waals surface area contributed by atoms with Crippen LogP contribution >= 0.6 is 0 Å². The second-order valence-corrected chi connectivity index (χ2v) is 4.27. The molecule has 0 aliphatic carbocycles. The van der Waals surface area contributed by atoms with Gasteiger partial charge in [0.15, 0.2) is 0 Å². The van der Waals surface area contributed by atoms with E-state index in [-0.39, 0.29) is 0 Å². The molecule has 0 spiro atoms. The molecule has 16 heavy (non-hydrogen) atoms. The van der Waals surface area contributed by atoms with Gasteiger partial charge in [-0.3, -0.25) is 4.79 Å². The fourth-order valence-corrected chi connectivity index (χ4v) is 1.07. The van der Waals surface area contributed by atoms with Crippen LogP contribution < -0.4 is 5.32 Å². The van der Waals surface area contributed by atoms with Crippen LogP contribution in [0.1, 0.15) is 33.6 Å². The Morgan fingerprint density at radius 1 is 1.19 bits per heavy atom. The van der Waals surface area contributed by atoms with Crippen molar-refractivity contribution in [3.63, 3.8) is 0 Å². The quantitative estimate of drug-likeness (QED) is 0.714. The zero-order valence-corrected chi connectivity index (χ0v) is 9.57. The average molecular weight is 243 g/mol. The fourth-order valence-electron chi connectivity index (χ4n) is 1.07. The molecule has 0 saturated carbocycles. The molecule has 0 saturated heterocycles. The van der Waals surface area contributed by atoms with E-state index in [1.165, 1.54) is 6.92 Å². The third kappa shape index (κ3) is 4.81. The Labute approximate surface area is 92.4 Å². The third-order valence-corrected chi connectivity index (χ3v) is 2.13. The molecule has 0 radical (unpaired) electrons. The molecular weight excluding hydrogens is 226 g/mol. The molecule has 0 aromatic rings. The minimum absolute atomic E-state index is 0.370. The van der Waals surface area contributed by atoms with Crippen molar-refractivity contribution in [3.05, 3.63) is 0 Å². The van der Waals surface area contributed by atoms with Crippen molar-refractivity contribution in [2.24, 2.45) is 5.92 Å². The lowest BCUT2D eigenvalue weighted by Gasteiger charge is -2.19. The molecule has 0 aliphatic rings. The largest absolute Gasteiger partial charge is 0.383 e. The van der Waals surface area contributed by atoms with Crippen molar-refractivity contribution in [3.8, 4) is 0 Å². The molecule has 0 aliphatic heterocycles. The van der Waals surface area contributed by atoms with Crippen LogP contribution in [-0.4, -0.2) is 24.3 Å². The van der Waals surface area contributed by atoms with Gasteiger partial charge in [-0.25, -0.2) is 8.78 Å². The zero-order valence-electron chi connectivity index (χ0n) is 9.57. The van der Waals surface area contributed by atoms with Crippen LogP contribution in [0.3, 0.4) is 0 Å². The molecule has 6 heteroatoms. The van der Waals surface area contributed by atoms with Gasteiger partial charge in [-0.05, 0) is 25.7 Å². The molecule has 0 aromatic carbocycles. The number of rotatable bonds is 6. The molecule has 1 atom stereocenters. The van der Waals surface area contributed by atoms with Crippen LogP contribution in [0.15, 0.2) is 0 Å². The van der Waals surface area contributed by atoms with E-state index in [1.807, 2.05) is 19.2 Å². The summed E-state index contributed by atoms with van der Waals surface area (Å²) in [4.78, 5) is 10.8. The second kappa shape index (κ2) is 6.06. The number of alkyl halides is 4. The molecule has 2 nitrogen and oxygen atoms in total. The van der Waals surface area contributed by atoms with Crippen LogP contribution in [0.4, 0.5) is 17.6 Å². The first-order valence-corrected chi connectivity index (χ1v) is 5.14. The summed E-state index contributed by atoms with van der Waals surface area (Å²) in [5.74, 6) is -6.14. The van der Waals surface area contributed by atoms with E-state index in [2.05, 4.69) is 0 Å². The Balaban J connectivity index is 4.14. The smallest absolute Gasteiger partial charge is 0.348 e. The van der Waals surface area contributed by atoms with E-state index >= 15 is 0 Å².